The van der Waals surface area contributed by atoms with Crippen molar-refractivity contribution in [1.29, 1.82) is 0 Å². The number of nitrogens with two attached hydrogens (primary N) is 2. The van der Waals surface area contributed by atoms with Crippen LogP contribution in [0.3, 0.4) is 0 Å². The van der Waals surface area contributed by atoms with E-state index in [0.717, 1.165) is 6.42 Å². The Bertz CT molecular complexity index is 474. The van der Waals surface area contributed by atoms with E-state index in [9.17, 15) is 8.42 Å². The normalized spacial score (nSPS) is 11.4. The summed E-state index contributed by atoms with van der Waals surface area (Å²) in [6.07, 6.45) is 1.52. The molecule has 0 radical (unpaired) electrons. The van der Waals surface area contributed by atoms with Gasteiger partial charge in [0.1, 0.15) is 0 Å². The minimum atomic E-state index is -3.71. The van der Waals surface area contributed by atoms with Crippen LogP contribution in [0.2, 0.25) is 0 Å². The summed E-state index contributed by atoms with van der Waals surface area (Å²) >= 11 is 0. The van der Waals surface area contributed by atoms with Crippen LogP contribution < -0.4 is 16.2 Å². The van der Waals surface area contributed by atoms with E-state index in [4.69, 9.17) is 16.0 Å². The molecule has 7 heteroatoms. The van der Waals surface area contributed by atoms with E-state index in [1.165, 1.54) is 12.1 Å². The van der Waals surface area contributed by atoms with Crippen molar-refractivity contribution in [3.8, 4) is 0 Å². The summed E-state index contributed by atoms with van der Waals surface area (Å²) in [6, 6.07) is 4.30. The van der Waals surface area contributed by atoms with Gasteiger partial charge in [0, 0.05) is 13.2 Å². The molecule has 0 atom stereocenters. The smallest absolute Gasteiger partial charge is 0.238 e. The number of nitrogens with one attached hydrogen (secondary N) is 1. The molecular weight excluding hydrogens is 242 g/mol. The third kappa shape index (κ3) is 4.22. The minimum Gasteiger partial charge on any atom is -0.397 e. The number of anilines is 2. The predicted octanol–water partition coefficient (Wildman–Crippen LogP) is 0.101. The first-order chi connectivity index (χ1) is 7.95. The van der Waals surface area contributed by atoms with Crippen LogP contribution in [0.25, 0.3) is 0 Å². The molecule has 0 aliphatic rings. The zero-order valence-electron chi connectivity index (χ0n) is 9.39. The first-order valence-corrected chi connectivity index (χ1v) is 6.77. The van der Waals surface area contributed by atoms with Crippen molar-refractivity contribution in [3.05, 3.63) is 18.2 Å². The lowest BCUT2D eigenvalue weighted by molar-refractivity contribution is 0.286. The van der Waals surface area contributed by atoms with Gasteiger partial charge in [-0.1, -0.05) is 0 Å². The molecule has 0 aliphatic heterocycles. The van der Waals surface area contributed by atoms with Gasteiger partial charge in [-0.25, -0.2) is 13.6 Å². The molecule has 0 saturated heterocycles. The summed E-state index contributed by atoms with van der Waals surface area (Å²) in [7, 11) is -3.71. The molecule has 17 heavy (non-hydrogen) atoms. The molecule has 0 heterocycles. The summed E-state index contributed by atoms with van der Waals surface area (Å²) < 4.78 is 22.1. The summed E-state index contributed by atoms with van der Waals surface area (Å²) in [5.74, 6) is 0. The SMILES string of the molecule is Nc1cc(S(N)(=O)=O)ccc1NCCCCO. The summed E-state index contributed by atoms with van der Waals surface area (Å²) in [5.41, 5.74) is 6.70. The predicted molar refractivity (Wildman–Crippen MR) is 67.0 cm³/mol. The minimum absolute atomic E-state index is 0.00379. The highest BCUT2D eigenvalue weighted by Crippen LogP contribution is 2.21. The highest BCUT2D eigenvalue weighted by molar-refractivity contribution is 7.89. The van der Waals surface area contributed by atoms with E-state index < -0.39 is 10.0 Å². The first-order valence-electron chi connectivity index (χ1n) is 5.22. The zero-order valence-corrected chi connectivity index (χ0v) is 10.2. The number of nitrogen functional groups attached to an aromatic ring is 1. The number of hydrogen-bond acceptors (Lipinski definition) is 5. The number of aliphatic hydroxyl groups is 1. The van der Waals surface area contributed by atoms with E-state index in [1.54, 1.807) is 6.07 Å². The van der Waals surface area contributed by atoms with Crippen LogP contribution in [-0.4, -0.2) is 26.7 Å². The van der Waals surface area contributed by atoms with Crippen molar-refractivity contribution in [2.24, 2.45) is 5.14 Å². The average molecular weight is 259 g/mol. The fraction of sp³-hybridized carbons (Fsp3) is 0.400. The number of unbranched alkanes of at least 4 members (excludes halogenated alkanes) is 1. The Hall–Kier alpha value is -1.31. The highest BCUT2D eigenvalue weighted by atomic mass is 32.2. The maximum atomic E-state index is 11.1. The van der Waals surface area contributed by atoms with E-state index >= 15 is 0 Å². The topological polar surface area (TPSA) is 118 Å². The quantitative estimate of drug-likeness (QED) is 0.427. The van der Waals surface area contributed by atoms with Gasteiger partial charge >= 0.3 is 0 Å². The Morgan fingerprint density at radius 2 is 2.00 bits per heavy atom. The standard InChI is InChI=1S/C10H17N3O3S/c11-9-7-8(17(12,15)16)3-4-10(9)13-5-1-2-6-14/h3-4,7,13-14H,1-2,5-6,11H2,(H2,12,15,16). The maximum absolute atomic E-state index is 11.1. The zero-order chi connectivity index (χ0) is 12.9. The van der Waals surface area contributed by atoms with Gasteiger partial charge in [0.25, 0.3) is 0 Å². The Labute approximate surface area is 101 Å². The van der Waals surface area contributed by atoms with Gasteiger partial charge in [0.15, 0.2) is 0 Å². The molecule has 0 amide bonds. The van der Waals surface area contributed by atoms with Gasteiger partial charge in [-0.2, -0.15) is 0 Å². The van der Waals surface area contributed by atoms with Gasteiger partial charge in [-0.05, 0) is 31.0 Å². The molecule has 0 fully saturated rings. The summed E-state index contributed by atoms with van der Waals surface area (Å²) in [4.78, 5) is -0.00379. The van der Waals surface area contributed by atoms with Crippen LogP contribution in [0.1, 0.15) is 12.8 Å². The van der Waals surface area contributed by atoms with Gasteiger partial charge in [-0.3, -0.25) is 0 Å². The molecule has 6 N–H and O–H groups in total. The Morgan fingerprint density at radius 1 is 1.29 bits per heavy atom. The number of rotatable bonds is 6. The average Bonchev–Trinajstić information content (AvgIpc) is 2.24. The number of hydrogen-bond donors (Lipinski definition) is 4. The summed E-state index contributed by atoms with van der Waals surface area (Å²) in [5, 5.41) is 16.6. The van der Waals surface area contributed by atoms with E-state index in [1.807, 2.05) is 0 Å². The molecule has 1 rings (SSSR count). The molecule has 96 valence electrons. The third-order valence-corrected chi connectivity index (χ3v) is 3.16. The fourth-order valence-corrected chi connectivity index (χ4v) is 1.89. The largest absolute Gasteiger partial charge is 0.397 e. The van der Waals surface area contributed by atoms with Crippen LogP contribution in [-0.2, 0) is 10.0 Å². The van der Waals surface area contributed by atoms with E-state index in [2.05, 4.69) is 5.32 Å². The lowest BCUT2D eigenvalue weighted by Crippen LogP contribution is -2.13. The van der Waals surface area contributed by atoms with E-state index in [-0.39, 0.29) is 11.5 Å². The molecular formula is C10H17N3O3S. The lowest BCUT2D eigenvalue weighted by atomic mass is 10.2. The Morgan fingerprint density at radius 3 is 2.53 bits per heavy atom. The van der Waals surface area contributed by atoms with Crippen molar-refractivity contribution in [2.75, 3.05) is 24.2 Å². The fourth-order valence-electron chi connectivity index (χ4n) is 1.34. The number of aliphatic hydroxyl groups excluding tert-OH is 1. The Kier molecular flexibility index (Phi) is 4.73. The molecule has 1 aromatic carbocycles. The molecule has 0 bridgehead atoms. The molecule has 0 spiro atoms. The molecule has 0 aromatic heterocycles. The second kappa shape index (κ2) is 5.85. The monoisotopic (exact) mass is 259 g/mol. The van der Waals surface area contributed by atoms with Gasteiger partial charge in [0.2, 0.25) is 10.0 Å². The lowest BCUT2D eigenvalue weighted by Gasteiger charge is -2.09. The first kappa shape index (κ1) is 13.8. The van der Waals surface area contributed by atoms with Crippen LogP contribution in [0, 0.1) is 0 Å². The molecule has 0 unspecified atom stereocenters. The van der Waals surface area contributed by atoms with Crippen molar-refractivity contribution in [1.82, 2.24) is 0 Å². The van der Waals surface area contributed by atoms with Gasteiger partial charge < -0.3 is 16.2 Å². The second-order valence-corrected chi connectivity index (χ2v) is 5.21. The maximum Gasteiger partial charge on any atom is 0.238 e. The third-order valence-electron chi connectivity index (χ3n) is 2.25. The van der Waals surface area contributed by atoms with Gasteiger partial charge in [-0.15, -0.1) is 0 Å². The van der Waals surface area contributed by atoms with E-state index in [0.29, 0.717) is 24.3 Å². The van der Waals surface area contributed by atoms with Crippen molar-refractivity contribution in [2.45, 2.75) is 17.7 Å². The molecule has 1 aromatic rings. The number of benzene rings is 1. The molecule has 0 saturated carbocycles. The van der Waals surface area contributed by atoms with Crippen LogP contribution in [0.5, 0.6) is 0 Å². The highest BCUT2D eigenvalue weighted by Gasteiger charge is 2.09. The Balaban J connectivity index is 2.70. The van der Waals surface area contributed by atoms with Crippen molar-refractivity contribution in [3.63, 3.8) is 0 Å². The van der Waals surface area contributed by atoms with Crippen LogP contribution >= 0.6 is 0 Å². The van der Waals surface area contributed by atoms with Crippen LogP contribution in [0.15, 0.2) is 23.1 Å². The molecule has 6 nitrogen and oxygen atoms in total. The number of sulfonamides is 1. The number of primary sulfonamides is 1. The second-order valence-electron chi connectivity index (χ2n) is 3.65. The van der Waals surface area contributed by atoms with Crippen LogP contribution in [0.4, 0.5) is 11.4 Å². The summed E-state index contributed by atoms with van der Waals surface area (Å²) in [6.45, 7) is 0.820. The van der Waals surface area contributed by atoms with Crippen molar-refractivity contribution < 1.29 is 13.5 Å². The van der Waals surface area contributed by atoms with Gasteiger partial charge in [0.05, 0.1) is 16.3 Å². The van der Waals surface area contributed by atoms with Crippen molar-refractivity contribution >= 4 is 21.4 Å². The molecule has 0 aliphatic carbocycles.